The van der Waals surface area contributed by atoms with E-state index in [0.717, 1.165) is 25.4 Å². The third-order valence-corrected chi connectivity index (χ3v) is 3.86. The Hall–Kier alpha value is -0.710. The van der Waals surface area contributed by atoms with Crippen LogP contribution >= 0.6 is 24.2 Å². The van der Waals surface area contributed by atoms with E-state index in [1.54, 1.807) is 11.8 Å². The maximum Gasteiger partial charge on any atom is 0.225 e. The zero-order valence-electron chi connectivity index (χ0n) is 10.4. The predicted octanol–water partition coefficient (Wildman–Crippen LogP) is 1.84. The van der Waals surface area contributed by atoms with Gasteiger partial charge in [0.15, 0.2) is 0 Å². The average Bonchev–Trinajstić information content (AvgIpc) is 2.24. The number of hydrogen-bond donors (Lipinski definition) is 2. The Morgan fingerprint density at radius 1 is 1.39 bits per heavy atom. The summed E-state index contributed by atoms with van der Waals surface area (Å²) in [6.45, 7) is 4.49. The van der Waals surface area contributed by atoms with Crippen molar-refractivity contribution in [3.8, 4) is 0 Å². The third-order valence-electron chi connectivity index (χ3n) is 2.84. The van der Waals surface area contributed by atoms with Gasteiger partial charge in [-0.1, -0.05) is 17.7 Å². The largest absolute Gasteiger partial charge is 0.355 e. The molecule has 1 aliphatic rings. The van der Waals surface area contributed by atoms with Crippen LogP contribution in [0.3, 0.4) is 0 Å². The van der Waals surface area contributed by atoms with Crippen LogP contribution in [0.1, 0.15) is 5.56 Å². The van der Waals surface area contributed by atoms with Gasteiger partial charge in [0, 0.05) is 30.3 Å². The van der Waals surface area contributed by atoms with Gasteiger partial charge in [-0.3, -0.25) is 4.79 Å². The minimum atomic E-state index is 0. The number of rotatable bonds is 5. The number of carbonyl (C=O) groups excluding carboxylic acids is 1. The Balaban J connectivity index is 0.00000162. The highest BCUT2D eigenvalue weighted by atomic mass is 35.5. The molecule has 0 bridgehead atoms. The van der Waals surface area contributed by atoms with E-state index in [1.807, 2.05) is 0 Å². The van der Waals surface area contributed by atoms with Gasteiger partial charge in [0.1, 0.15) is 0 Å². The van der Waals surface area contributed by atoms with Gasteiger partial charge in [-0.05, 0) is 19.1 Å². The highest BCUT2D eigenvalue weighted by Gasteiger charge is 2.23. The maximum atomic E-state index is 11.5. The highest BCUT2D eigenvalue weighted by molar-refractivity contribution is 7.99. The first-order valence-corrected chi connectivity index (χ1v) is 6.92. The molecular weight excluding hydrogens is 268 g/mol. The van der Waals surface area contributed by atoms with E-state index in [9.17, 15) is 4.79 Å². The van der Waals surface area contributed by atoms with Crippen LogP contribution in [0.5, 0.6) is 0 Å². The summed E-state index contributed by atoms with van der Waals surface area (Å²) in [5.74, 6) is 1.31. The normalized spacial score (nSPS) is 14.5. The molecule has 100 valence electrons. The lowest BCUT2D eigenvalue weighted by atomic mass is 10.0. The van der Waals surface area contributed by atoms with Gasteiger partial charge in [0.05, 0.1) is 5.92 Å². The molecule has 1 heterocycles. The second-order valence-electron chi connectivity index (χ2n) is 4.31. The van der Waals surface area contributed by atoms with Crippen LogP contribution in [0.4, 0.5) is 0 Å². The molecule has 18 heavy (non-hydrogen) atoms. The molecule has 1 aromatic carbocycles. The van der Waals surface area contributed by atoms with E-state index in [2.05, 4.69) is 41.8 Å². The van der Waals surface area contributed by atoms with Gasteiger partial charge in [-0.25, -0.2) is 0 Å². The Bertz CT molecular complexity index is 379. The fourth-order valence-electron chi connectivity index (χ4n) is 1.60. The standard InChI is InChI=1S/C13H18N2OS.ClH/c1-10-2-4-12(5-3-10)17-7-6-15-13(16)11-8-14-9-11;/h2-5,11,14H,6-9H2,1H3,(H,15,16);1H. The summed E-state index contributed by atoms with van der Waals surface area (Å²) in [5, 5.41) is 6.06. The van der Waals surface area contributed by atoms with Gasteiger partial charge in [0.2, 0.25) is 5.91 Å². The summed E-state index contributed by atoms with van der Waals surface area (Å²) in [6.07, 6.45) is 0. The predicted molar refractivity (Wildman–Crippen MR) is 78.5 cm³/mol. The van der Waals surface area contributed by atoms with Crippen molar-refractivity contribution in [1.82, 2.24) is 10.6 Å². The summed E-state index contributed by atoms with van der Waals surface area (Å²) in [7, 11) is 0. The fraction of sp³-hybridized carbons (Fsp3) is 0.462. The van der Waals surface area contributed by atoms with E-state index >= 15 is 0 Å². The molecule has 1 aliphatic heterocycles. The van der Waals surface area contributed by atoms with Crippen LogP contribution in [-0.2, 0) is 4.79 Å². The van der Waals surface area contributed by atoms with Crippen molar-refractivity contribution in [2.24, 2.45) is 5.92 Å². The van der Waals surface area contributed by atoms with Crippen LogP contribution < -0.4 is 10.6 Å². The molecule has 1 fully saturated rings. The lowest BCUT2D eigenvalue weighted by Gasteiger charge is -2.25. The molecule has 0 unspecified atom stereocenters. The molecule has 1 saturated heterocycles. The number of amides is 1. The van der Waals surface area contributed by atoms with Gasteiger partial charge in [-0.15, -0.1) is 24.2 Å². The van der Waals surface area contributed by atoms with Crippen LogP contribution in [-0.4, -0.2) is 31.3 Å². The number of nitrogens with one attached hydrogen (secondary N) is 2. The van der Waals surface area contributed by atoms with E-state index < -0.39 is 0 Å². The molecule has 0 radical (unpaired) electrons. The van der Waals surface area contributed by atoms with Gasteiger partial charge >= 0.3 is 0 Å². The molecule has 0 atom stereocenters. The summed E-state index contributed by atoms with van der Waals surface area (Å²) in [4.78, 5) is 12.8. The second-order valence-corrected chi connectivity index (χ2v) is 5.48. The Kier molecular flexibility index (Phi) is 6.54. The third kappa shape index (κ3) is 4.52. The Labute approximate surface area is 119 Å². The SMILES string of the molecule is Cc1ccc(SCCNC(=O)C2CNC2)cc1.Cl. The number of thioether (sulfide) groups is 1. The van der Waals surface area contributed by atoms with Gasteiger partial charge in [-0.2, -0.15) is 0 Å². The quantitative estimate of drug-likeness (QED) is 0.641. The molecule has 0 aliphatic carbocycles. The van der Waals surface area contributed by atoms with E-state index in [4.69, 9.17) is 0 Å². The zero-order chi connectivity index (χ0) is 12.1. The number of carbonyl (C=O) groups is 1. The minimum Gasteiger partial charge on any atom is -0.355 e. The van der Waals surface area contributed by atoms with Crippen LogP contribution in [0.25, 0.3) is 0 Å². The van der Waals surface area contributed by atoms with Crippen LogP contribution in [0.15, 0.2) is 29.2 Å². The summed E-state index contributed by atoms with van der Waals surface area (Å²) in [5.41, 5.74) is 1.28. The Morgan fingerprint density at radius 3 is 2.61 bits per heavy atom. The van der Waals surface area contributed by atoms with Crippen molar-refractivity contribution in [1.29, 1.82) is 0 Å². The monoisotopic (exact) mass is 286 g/mol. The van der Waals surface area contributed by atoms with Gasteiger partial charge in [0.25, 0.3) is 0 Å². The topological polar surface area (TPSA) is 41.1 Å². The zero-order valence-corrected chi connectivity index (χ0v) is 12.1. The summed E-state index contributed by atoms with van der Waals surface area (Å²) >= 11 is 1.78. The molecule has 1 amide bonds. The second kappa shape index (κ2) is 7.67. The first kappa shape index (κ1) is 15.3. The van der Waals surface area contributed by atoms with Crippen molar-refractivity contribution in [3.63, 3.8) is 0 Å². The maximum absolute atomic E-state index is 11.5. The molecule has 0 aromatic heterocycles. The average molecular weight is 287 g/mol. The van der Waals surface area contributed by atoms with Crippen LogP contribution in [0.2, 0.25) is 0 Å². The van der Waals surface area contributed by atoms with Crippen molar-refractivity contribution in [2.75, 3.05) is 25.4 Å². The lowest BCUT2D eigenvalue weighted by molar-refractivity contribution is -0.126. The molecule has 3 nitrogen and oxygen atoms in total. The summed E-state index contributed by atoms with van der Waals surface area (Å²) in [6, 6.07) is 8.47. The van der Waals surface area contributed by atoms with Crippen LogP contribution in [0, 0.1) is 12.8 Å². The van der Waals surface area contributed by atoms with Crippen molar-refractivity contribution < 1.29 is 4.79 Å². The van der Waals surface area contributed by atoms with E-state index in [1.165, 1.54) is 10.5 Å². The van der Waals surface area contributed by atoms with E-state index in [0.29, 0.717) is 0 Å². The minimum absolute atomic E-state index is 0. The number of halogens is 1. The van der Waals surface area contributed by atoms with E-state index in [-0.39, 0.29) is 24.2 Å². The Morgan fingerprint density at radius 2 is 2.06 bits per heavy atom. The van der Waals surface area contributed by atoms with Crippen molar-refractivity contribution in [2.45, 2.75) is 11.8 Å². The number of benzene rings is 1. The van der Waals surface area contributed by atoms with Crippen molar-refractivity contribution in [3.05, 3.63) is 29.8 Å². The molecule has 5 heteroatoms. The highest BCUT2D eigenvalue weighted by Crippen LogP contribution is 2.17. The molecule has 2 N–H and O–H groups in total. The number of aryl methyl sites for hydroxylation is 1. The molecular formula is C13H19ClN2OS. The fourth-order valence-corrected chi connectivity index (χ4v) is 2.36. The molecule has 0 spiro atoms. The smallest absolute Gasteiger partial charge is 0.225 e. The lowest BCUT2D eigenvalue weighted by Crippen LogP contribution is -2.51. The summed E-state index contributed by atoms with van der Waals surface area (Å²) < 4.78 is 0. The van der Waals surface area contributed by atoms with Gasteiger partial charge < -0.3 is 10.6 Å². The first-order chi connectivity index (χ1) is 8.25. The molecule has 1 aromatic rings. The van der Waals surface area contributed by atoms with Crippen molar-refractivity contribution >= 4 is 30.1 Å². The first-order valence-electron chi connectivity index (χ1n) is 5.93. The molecule has 2 rings (SSSR count). The molecule has 0 saturated carbocycles. The number of hydrogen-bond acceptors (Lipinski definition) is 3.